The molecule has 39 heavy (non-hydrogen) atoms. The number of carbonyl (C=O) groups is 5. The van der Waals surface area contributed by atoms with Crippen molar-refractivity contribution < 1.29 is 24.0 Å². The number of piperidine rings is 2. The van der Waals surface area contributed by atoms with Crippen LogP contribution < -0.4 is 10.2 Å². The van der Waals surface area contributed by atoms with Gasteiger partial charge in [0, 0.05) is 63.8 Å². The molecule has 5 amide bonds. The number of benzene rings is 1. The zero-order valence-electron chi connectivity index (χ0n) is 23.0. The molecule has 0 radical (unpaired) electrons. The molecule has 4 aliphatic rings. The molecule has 0 bridgehead atoms. The number of piperazine rings is 1. The fourth-order valence-corrected chi connectivity index (χ4v) is 6.44. The molecule has 3 fully saturated rings. The standard InChI is InChI=1S/C29H39N5O5/c1-3-20(4-2)27(37)33-15-13-31(14-16-33)18-19-9-11-32(12-10-19)21-5-6-22-23(17-21)29(39)34(28(22)38)24-7-8-25(35)30-26(24)36/h5-6,17,19-20,24H,3-4,7-16,18H2,1-2H3,(H,30,35,36). The van der Waals surface area contributed by atoms with Crippen LogP contribution in [0.2, 0.25) is 0 Å². The zero-order valence-corrected chi connectivity index (χ0v) is 23.0. The Kier molecular flexibility index (Phi) is 8.02. The van der Waals surface area contributed by atoms with Gasteiger partial charge in [-0.15, -0.1) is 0 Å². The van der Waals surface area contributed by atoms with Gasteiger partial charge >= 0.3 is 0 Å². The average molecular weight is 538 g/mol. The van der Waals surface area contributed by atoms with Crippen molar-refractivity contribution in [3.63, 3.8) is 0 Å². The summed E-state index contributed by atoms with van der Waals surface area (Å²) in [7, 11) is 0. The van der Waals surface area contributed by atoms with E-state index in [1.54, 1.807) is 12.1 Å². The van der Waals surface area contributed by atoms with Gasteiger partial charge in [0.2, 0.25) is 17.7 Å². The Morgan fingerprint density at radius 1 is 0.897 bits per heavy atom. The van der Waals surface area contributed by atoms with Gasteiger partial charge in [0.1, 0.15) is 6.04 Å². The molecule has 1 N–H and O–H groups in total. The molecule has 1 unspecified atom stereocenters. The summed E-state index contributed by atoms with van der Waals surface area (Å²) in [6.45, 7) is 10.4. The number of carbonyl (C=O) groups excluding carboxylic acids is 5. The van der Waals surface area contributed by atoms with Crippen LogP contribution in [-0.2, 0) is 14.4 Å². The number of rotatable bonds is 7. The lowest BCUT2D eigenvalue weighted by atomic mass is 9.95. The smallest absolute Gasteiger partial charge is 0.262 e. The van der Waals surface area contributed by atoms with E-state index in [4.69, 9.17) is 0 Å². The Bertz CT molecular complexity index is 1150. The first-order valence-corrected chi connectivity index (χ1v) is 14.4. The largest absolute Gasteiger partial charge is 0.371 e. The quantitative estimate of drug-likeness (QED) is 0.529. The first-order valence-electron chi connectivity index (χ1n) is 14.4. The lowest BCUT2D eigenvalue weighted by Gasteiger charge is -2.40. The minimum atomic E-state index is -0.950. The summed E-state index contributed by atoms with van der Waals surface area (Å²) in [5, 5.41) is 2.23. The van der Waals surface area contributed by atoms with Crippen LogP contribution in [0.5, 0.6) is 0 Å². The third-order valence-corrected chi connectivity index (χ3v) is 8.94. The highest BCUT2D eigenvalue weighted by molar-refractivity contribution is 6.23. The summed E-state index contributed by atoms with van der Waals surface area (Å²) in [5.74, 6) is -0.880. The molecule has 0 aromatic heterocycles. The average Bonchev–Trinajstić information content (AvgIpc) is 3.19. The van der Waals surface area contributed by atoms with E-state index in [1.807, 2.05) is 11.0 Å². The van der Waals surface area contributed by atoms with E-state index in [2.05, 4.69) is 29.0 Å². The lowest BCUT2D eigenvalue weighted by Crippen LogP contribution is -2.54. The Morgan fingerprint density at radius 2 is 1.56 bits per heavy atom. The molecule has 0 saturated carbocycles. The Morgan fingerprint density at radius 3 is 2.21 bits per heavy atom. The number of nitrogens with zero attached hydrogens (tertiary/aromatic N) is 4. The number of hydrogen-bond acceptors (Lipinski definition) is 7. The van der Waals surface area contributed by atoms with E-state index in [0.717, 1.165) is 82.1 Å². The van der Waals surface area contributed by atoms with Crippen molar-refractivity contribution in [1.82, 2.24) is 20.0 Å². The molecule has 210 valence electrons. The molecule has 0 aliphatic carbocycles. The number of hydrogen-bond donors (Lipinski definition) is 1. The first-order chi connectivity index (χ1) is 18.8. The lowest BCUT2D eigenvalue weighted by molar-refractivity contribution is -0.138. The minimum absolute atomic E-state index is 0.107. The Hall–Kier alpha value is -3.27. The van der Waals surface area contributed by atoms with Gasteiger partial charge in [0.05, 0.1) is 11.1 Å². The van der Waals surface area contributed by atoms with Crippen molar-refractivity contribution in [2.24, 2.45) is 11.8 Å². The monoisotopic (exact) mass is 537 g/mol. The molecule has 5 rings (SSSR count). The maximum atomic E-state index is 13.2. The highest BCUT2D eigenvalue weighted by atomic mass is 16.2. The first kappa shape index (κ1) is 27.3. The number of fused-ring (bicyclic) bond motifs is 1. The number of nitrogens with one attached hydrogen (secondary N) is 1. The second-order valence-corrected chi connectivity index (χ2v) is 11.2. The van der Waals surface area contributed by atoms with Gasteiger partial charge in [0.25, 0.3) is 11.8 Å². The summed E-state index contributed by atoms with van der Waals surface area (Å²) < 4.78 is 0. The highest BCUT2D eigenvalue weighted by Gasteiger charge is 2.44. The Balaban J connectivity index is 1.14. The van der Waals surface area contributed by atoms with Crippen molar-refractivity contribution in [3.8, 4) is 0 Å². The second kappa shape index (κ2) is 11.5. The summed E-state index contributed by atoms with van der Waals surface area (Å²) >= 11 is 0. The van der Waals surface area contributed by atoms with Gasteiger partial charge in [-0.05, 0) is 56.2 Å². The van der Waals surface area contributed by atoms with Gasteiger partial charge in [0.15, 0.2) is 0 Å². The molecule has 1 atom stereocenters. The fourth-order valence-electron chi connectivity index (χ4n) is 6.44. The summed E-state index contributed by atoms with van der Waals surface area (Å²) in [4.78, 5) is 70.5. The van der Waals surface area contributed by atoms with Crippen LogP contribution in [0.15, 0.2) is 18.2 Å². The molecule has 10 heteroatoms. The maximum Gasteiger partial charge on any atom is 0.262 e. The van der Waals surface area contributed by atoms with E-state index in [9.17, 15) is 24.0 Å². The van der Waals surface area contributed by atoms with Gasteiger partial charge < -0.3 is 9.80 Å². The number of amides is 5. The third kappa shape index (κ3) is 5.44. The van der Waals surface area contributed by atoms with E-state index < -0.39 is 23.8 Å². The fraction of sp³-hybridized carbons (Fsp3) is 0.621. The van der Waals surface area contributed by atoms with Gasteiger partial charge in [-0.2, -0.15) is 0 Å². The van der Waals surface area contributed by atoms with E-state index in [0.29, 0.717) is 23.0 Å². The van der Waals surface area contributed by atoms with Crippen LogP contribution in [0.4, 0.5) is 5.69 Å². The minimum Gasteiger partial charge on any atom is -0.371 e. The highest BCUT2D eigenvalue weighted by Crippen LogP contribution is 2.32. The SMILES string of the molecule is CCC(CC)C(=O)N1CCN(CC2CCN(c3ccc4c(c3)C(=O)N(C3CCC(=O)NC3=O)C4=O)CC2)CC1. The van der Waals surface area contributed by atoms with Crippen LogP contribution in [0, 0.1) is 11.8 Å². The summed E-state index contributed by atoms with van der Waals surface area (Å²) in [6, 6.07) is 4.39. The van der Waals surface area contributed by atoms with Crippen LogP contribution in [0.1, 0.15) is 73.1 Å². The van der Waals surface area contributed by atoms with Crippen LogP contribution in [0.25, 0.3) is 0 Å². The van der Waals surface area contributed by atoms with Crippen LogP contribution in [0.3, 0.4) is 0 Å². The predicted octanol–water partition coefficient (Wildman–Crippen LogP) is 1.88. The van der Waals surface area contributed by atoms with Crippen molar-refractivity contribution >= 4 is 35.2 Å². The van der Waals surface area contributed by atoms with E-state index in [1.165, 1.54) is 0 Å². The van der Waals surface area contributed by atoms with Crippen LogP contribution >= 0.6 is 0 Å². The Labute approximate surface area is 229 Å². The molecule has 1 aromatic carbocycles. The summed E-state index contributed by atoms with van der Waals surface area (Å²) in [5.41, 5.74) is 1.54. The molecule has 3 saturated heterocycles. The molecular weight excluding hydrogens is 498 g/mol. The molecule has 1 aromatic rings. The van der Waals surface area contributed by atoms with Gasteiger partial charge in [-0.1, -0.05) is 13.8 Å². The van der Waals surface area contributed by atoms with E-state index in [-0.39, 0.29) is 24.7 Å². The van der Waals surface area contributed by atoms with Crippen LogP contribution in [-0.4, -0.2) is 96.1 Å². The number of imide groups is 2. The van der Waals surface area contributed by atoms with Crippen molar-refractivity contribution in [2.45, 2.75) is 58.4 Å². The molecule has 10 nitrogen and oxygen atoms in total. The molecule has 0 spiro atoms. The van der Waals surface area contributed by atoms with Crippen molar-refractivity contribution in [1.29, 1.82) is 0 Å². The van der Waals surface area contributed by atoms with Gasteiger partial charge in [-0.3, -0.25) is 39.1 Å². The van der Waals surface area contributed by atoms with Crippen molar-refractivity contribution in [3.05, 3.63) is 29.3 Å². The number of anilines is 1. The van der Waals surface area contributed by atoms with Crippen molar-refractivity contribution in [2.75, 3.05) is 50.7 Å². The second-order valence-electron chi connectivity index (χ2n) is 11.2. The topological polar surface area (TPSA) is 110 Å². The normalized spacial score (nSPS) is 23.1. The third-order valence-electron chi connectivity index (χ3n) is 8.94. The zero-order chi connectivity index (χ0) is 27.7. The molecule has 4 aliphatic heterocycles. The molecule has 4 heterocycles. The summed E-state index contributed by atoms with van der Waals surface area (Å²) in [6.07, 6.45) is 4.15. The molecular formula is C29H39N5O5. The maximum absolute atomic E-state index is 13.2. The predicted molar refractivity (Wildman–Crippen MR) is 145 cm³/mol. The van der Waals surface area contributed by atoms with E-state index >= 15 is 0 Å². The van der Waals surface area contributed by atoms with Gasteiger partial charge in [-0.25, -0.2) is 0 Å².